The Morgan fingerprint density at radius 3 is 2.00 bits per heavy atom. The molecule has 0 aromatic carbocycles. The van der Waals surface area contributed by atoms with Crippen LogP contribution in [-0.2, 0) is 0 Å². The Labute approximate surface area is 50.6 Å². The largest absolute Gasteiger partial charge is 0.330 e. The van der Waals surface area contributed by atoms with Crippen molar-refractivity contribution in [2.45, 2.75) is 20.8 Å². The number of hydrogen-bond acceptors (Lipinski definition) is 2. The lowest BCUT2D eigenvalue weighted by atomic mass is 9.89. The minimum atomic E-state index is -0.0972. The molecule has 0 saturated heterocycles. The van der Waals surface area contributed by atoms with E-state index in [9.17, 15) is 0 Å². The van der Waals surface area contributed by atoms with Gasteiger partial charge in [-0.3, -0.25) is 0 Å². The number of nitrogens with two attached hydrogens (primary N) is 1. The van der Waals surface area contributed by atoms with Crippen LogP contribution in [0.1, 0.15) is 20.8 Å². The number of hydrogen-bond donors (Lipinski definition) is 2. The Hall–Kier alpha value is -0.370. The van der Waals surface area contributed by atoms with E-state index in [1.165, 1.54) is 0 Å². The maximum absolute atomic E-state index is 7.22. The molecule has 2 heteroatoms. The molecule has 0 unspecified atom stereocenters. The summed E-state index contributed by atoms with van der Waals surface area (Å²) >= 11 is 0. The van der Waals surface area contributed by atoms with Crippen molar-refractivity contribution in [1.29, 1.82) is 5.41 Å². The van der Waals surface area contributed by atoms with Crippen LogP contribution in [0.5, 0.6) is 0 Å². The normalized spacial score (nSPS) is 11.5. The zero-order chi connectivity index (χ0) is 6.78. The van der Waals surface area contributed by atoms with Crippen molar-refractivity contribution in [2.75, 3.05) is 6.54 Å². The van der Waals surface area contributed by atoms with Crippen molar-refractivity contribution in [3.8, 4) is 0 Å². The van der Waals surface area contributed by atoms with Crippen LogP contribution in [0.25, 0.3) is 0 Å². The van der Waals surface area contributed by atoms with Gasteiger partial charge in [-0.25, -0.2) is 0 Å². The van der Waals surface area contributed by atoms with Gasteiger partial charge in [-0.15, -0.1) is 0 Å². The summed E-state index contributed by atoms with van der Waals surface area (Å²) in [5.41, 5.74) is 5.92. The van der Waals surface area contributed by atoms with E-state index in [0.717, 1.165) is 0 Å². The summed E-state index contributed by atoms with van der Waals surface area (Å²) < 4.78 is 0. The van der Waals surface area contributed by atoms with E-state index in [2.05, 4.69) is 0 Å². The molecule has 0 rings (SSSR count). The van der Waals surface area contributed by atoms with Gasteiger partial charge >= 0.3 is 0 Å². The highest BCUT2D eigenvalue weighted by Crippen LogP contribution is 2.12. The highest BCUT2D eigenvalue weighted by molar-refractivity contribution is 5.84. The molecule has 0 saturated carbocycles. The number of rotatable bonds is 2. The third kappa shape index (κ3) is 1.62. The zero-order valence-electron chi connectivity index (χ0n) is 5.78. The predicted octanol–water partition coefficient (Wildman–Crippen LogP) is 1.01. The highest BCUT2D eigenvalue weighted by Gasteiger charge is 2.16. The summed E-state index contributed by atoms with van der Waals surface area (Å²) in [4.78, 5) is 0. The van der Waals surface area contributed by atoms with E-state index in [0.29, 0.717) is 12.3 Å². The first-order chi connectivity index (χ1) is 3.50. The summed E-state index contributed by atoms with van der Waals surface area (Å²) in [5, 5.41) is 7.22. The van der Waals surface area contributed by atoms with Gasteiger partial charge in [0.1, 0.15) is 0 Å². The predicted molar refractivity (Wildman–Crippen MR) is 36.2 cm³/mol. The van der Waals surface area contributed by atoms with E-state index >= 15 is 0 Å². The van der Waals surface area contributed by atoms with E-state index < -0.39 is 0 Å². The fourth-order valence-electron chi connectivity index (χ4n) is 0.153. The van der Waals surface area contributed by atoms with Crippen LogP contribution in [0.3, 0.4) is 0 Å². The first-order valence-electron chi connectivity index (χ1n) is 2.76. The summed E-state index contributed by atoms with van der Waals surface area (Å²) in [7, 11) is 0. The lowest BCUT2D eigenvalue weighted by molar-refractivity contribution is 0.532. The fraction of sp³-hybridized carbons (Fsp3) is 0.833. The van der Waals surface area contributed by atoms with Crippen LogP contribution in [0.4, 0.5) is 0 Å². The molecule has 0 aliphatic rings. The molecule has 0 fully saturated rings. The molecular weight excluding hydrogens is 100 g/mol. The Balaban J connectivity index is 3.91. The summed E-state index contributed by atoms with van der Waals surface area (Å²) in [5.74, 6) is 0. The third-order valence-electron chi connectivity index (χ3n) is 1.53. The van der Waals surface area contributed by atoms with Crippen molar-refractivity contribution < 1.29 is 0 Å². The molecule has 0 bridgehead atoms. The molecule has 2 nitrogen and oxygen atoms in total. The molecule has 48 valence electrons. The van der Waals surface area contributed by atoms with Gasteiger partial charge in [0, 0.05) is 17.7 Å². The summed E-state index contributed by atoms with van der Waals surface area (Å²) in [6.07, 6.45) is 0. The van der Waals surface area contributed by atoms with Crippen molar-refractivity contribution in [3.05, 3.63) is 0 Å². The van der Waals surface area contributed by atoms with E-state index in [-0.39, 0.29) is 5.41 Å². The van der Waals surface area contributed by atoms with Gasteiger partial charge in [-0.2, -0.15) is 0 Å². The summed E-state index contributed by atoms with van der Waals surface area (Å²) in [6.45, 7) is 6.28. The molecule has 0 atom stereocenters. The molecule has 0 aromatic rings. The monoisotopic (exact) mass is 114 g/mol. The van der Waals surface area contributed by atoms with Crippen LogP contribution in [0.2, 0.25) is 0 Å². The van der Waals surface area contributed by atoms with E-state index in [1.54, 1.807) is 6.92 Å². The SMILES string of the molecule is CC(=N)C(C)(C)CN. The molecule has 0 spiro atoms. The average Bonchev–Trinajstić information content (AvgIpc) is 1.67. The van der Waals surface area contributed by atoms with Gasteiger partial charge < -0.3 is 11.1 Å². The highest BCUT2D eigenvalue weighted by atomic mass is 14.6. The molecular formula is C6H14N2. The zero-order valence-corrected chi connectivity index (χ0v) is 5.78. The number of nitrogens with one attached hydrogen (secondary N) is 1. The standard InChI is InChI=1S/C6H14N2/c1-5(8)6(2,3)4-7/h8H,4,7H2,1-3H3. The Bertz CT molecular complexity index is 94.7. The van der Waals surface area contributed by atoms with Gasteiger partial charge in [0.25, 0.3) is 0 Å². The molecule has 0 aliphatic heterocycles. The Kier molecular flexibility index (Phi) is 2.16. The van der Waals surface area contributed by atoms with Gasteiger partial charge in [0.2, 0.25) is 0 Å². The van der Waals surface area contributed by atoms with Gasteiger partial charge in [-0.1, -0.05) is 13.8 Å². The Morgan fingerprint density at radius 1 is 1.62 bits per heavy atom. The maximum Gasteiger partial charge on any atom is 0.0143 e. The molecule has 0 aromatic heterocycles. The van der Waals surface area contributed by atoms with Crippen molar-refractivity contribution in [2.24, 2.45) is 11.1 Å². The average molecular weight is 114 g/mol. The summed E-state index contributed by atoms with van der Waals surface area (Å²) in [6, 6.07) is 0. The van der Waals surface area contributed by atoms with Crippen LogP contribution < -0.4 is 5.73 Å². The minimum absolute atomic E-state index is 0.0972. The quantitative estimate of drug-likeness (QED) is 0.517. The lowest BCUT2D eigenvalue weighted by Gasteiger charge is -2.19. The van der Waals surface area contributed by atoms with Gasteiger partial charge in [-0.05, 0) is 6.92 Å². The Morgan fingerprint density at radius 2 is 2.00 bits per heavy atom. The maximum atomic E-state index is 7.22. The van der Waals surface area contributed by atoms with Crippen LogP contribution in [-0.4, -0.2) is 12.3 Å². The third-order valence-corrected chi connectivity index (χ3v) is 1.53. The second kappa shape index (κ2) is 2.27. The first kappa shape index (κ1) is 7.63. The molecule has 0 aliphatic carbocycles. The molecule has 0 heterocycles. The van der Waals surface area contributed by atoms with Crippen molar-refractivity contribution in [1.82, 2.24) is 0 Å². The van der Waals surface area contributed by atoms with Crippen LogP contribution in [0.15, 0.2) is 0 Å². The van der Waals surface area contributed by atoms with E-state index in [1.807, 2.05) is 13.8 Å². The van der Waals surface area contributed by atoms with Gasteiger partial charge in [0.05, 0.1) is 0 Å². The van der Waals surface area contributed by atoms with Crippen LogP contribution in [0, 0.1) is 10.8 Å². The topological polar surface area (TPSA) is 49.9 Å². The second-order valence-electron chi connectivity index (χ2n) is 2.71. The van der Waals surface area contributed by atoms with Gasteiger partial charge in [0.15, 0.2) is 0 Å². The molecule has 0 radical (unpaired) electrons. The minimum Gasteiger partial charge on any atom is -0.330 e. The van der Waals surface area contributed by atoms with Crippen molar-refractivity contribution >= 4 is 5.71 Å². The smallest absolute Gasteiger partial charge is 0.0143 e. The molecule has 0 amide bonds. The van der Waals surface area contributed by atoms with Crippen LogP contribution >= 0.6 is 0 Å². The molecule has 8 heavy (non-hydrogen) atoms. The van der Waals surface area contributed by atoms with Crippen molar-refractivity contribution in [3.63, 3.8) is 0 Å². The fourth-order valence-corrected chi connectivity index (χ4v) is 0.153. The second-order valence-corrected chi connectivity index (χ2v) is 2.71. The van der Waals surface area contributed by atoms with E-state index in [4.69, 9.17) is 11.1 Å². The lowest BCUT2D eigenvalue weighted by Crippen LogP contribution is -2.30. The molecule has 3 N–H and O–H groups in total. The first-order valence-corrected chi connectivity index (χ1v) is 2.76.